The largest absolute Gasteiger partial charge is 0.586 e. The lowest BCUT2D eigenvalue weighted by Gasteiger charge is -2.31. The summed E-state index contributed by atoms with van der Waals surface area (Å²) < 4.78 is 37.1. The van der Waals surface area contributed by atoms with Crippen molar-refractivity contribution < 1.29 is 42.2 Å². The lowest BCUT2D eigenvalue weighted by molar-refractivity contribution is -0.286. The number of thioether (sulfide) groups is 1. The monoisotopic (exact) mass is 1110 g/mol. The molecule has 4 fully saturated rings. The number of anilines is 1. The number of piperidine rings is 1. The Morgan fingerprint density at radius 3 is 2.36 bits per heavy atom. The number of piperazine rings is 1. The Morgan fingerprint density at radius 2 is 1.64 bits per heavy atom. The molecule has 3 aromatic heterocycles. The molecule has 2 saturated heterocycles. The molecule has 19 heteroatoms. The highest BCUT2D eigenvalue weighted by Gasteiger charge is 2.59. The summed E-state index contributed by atoms with van der Waals surface area (Å²) in [6.07, 6.45) is -0.0976. The number of nitrogens with one attached hydrogen (secondary N) is 3. The summed E-state index contributed by atoms with van der Waals surface area (Å²) in [5, 5.41) is 9.85. The van der Waals surface area contributed by atoms with Gasteiger partial charge in [0.1, 0.15) is 5.82 Å². The Morgan fingerprint density at radius 1 is 0.896 bits per heavy atom. The van der Waals surface area contributed by atoms with Gasteiger partial charge in [-0.1, -0.05) is 63.6 Å². The van der Waals surface area contributed by atoms with E-state index in [1.165, 1.54) is 34.4 Å². The van der Waals surface area contributed by atoms with Crippen LogP contribution in [0.15, 0.2) is 85.1 Å². The zero-order valence-corrected chi connectivity index (χ0v) is 46.9. The number of halogens is 3. The molecular formula is C58H64ClF2N7O7S2. The van der Waals surface area contributed by atoms with E-state index in [1.54, 1.807) is 47.9 Å². The minimum Gasteiger partial charge on any atom is -0.395 e. The molecule has 3 atom stereocenters. The molecule has 5 amide bonds. The van der Waals surface area contributed by atoms with Crippen molar-refractivity contribution >= 4 is 80.3 Å². The number of imide groups is 1. The van der Waals surface area contributed by atoms with Crippen LogP contribution in [-0.4, -0.2) is 99.3 Å². The van der Waals surface area contributed by atoms with Gasteiger partial charge in [-0.25, -0.2) is 4.98 Å². The quantitative estimate of drug-likeness (QED) is 0.0742. The van der Waals surface area contributed by atoms with Gasteiger partial charge in [0.15, 0.2) is 11.5 Å². The van der Waals surface area contributed by atoms with Gasteiger partial charge in [-0.2, -0.15) is 11.8 Å². The molecule has 6 aromatic rings. The van der Waals surface area contributed by atoms with E-state index in [0.717, 1.165) is 50.3 Å². The Kier molecular flexibility index (Phi) is 17.7. The number of aromatic nitrogens is 2. The van der Waals surface area contributed by atoms with Crippen LogP contribution in [0.2, 0.25) is 5.02 Å². The van der Waals surface area contributed by atoms with Crippen LogP contribution in [0.1, 0.15) is 91.4 Å². The standard InChI is InChI=1S/C33H35F2N5O5S.C21H17ClN2O2S.2C2H6/c1-20-6-9-27(39-31(43)32(10-11-32)24-7-8-25-26(17-24)45-33(34,35)44-25)38-29(20)22-4-3-5-23(16-22)30(42)37-13-15-46-19-28(41)40-14-12-36-21(2)18-40;1-10-5-12(22)6-15(11(10)2)14-3-4-23-18-7-13(27-19(14)18)9-24-20(25)16-8-17(16)21(24)26;2*1-2/h3-9,16-17,21,36H,10-15,18-19H2,1-2H3,(H,37,42)(H,38,39,43);3-7,16-17H,8-9H2,1-2H3;2*1-2H3. The summed E-state index contributed by atoms with van der Waals surface area (Å²) in [5.41, 5.74) is 7.72. The maximum atomic E-state index is 13.5. The van der Waals surface area contributed by atoms with Crippen molar-refractivity contribution in [2.75, 3.05) is 43.0 Å². The van der Waals surface area contributed by atoms with Crippen molar-refractivity contribution in [1.29, 1.82) is 0 Å². The van der Waals surface area contributed by atoms with Crippen LogP contribution in [0.25, 0.3) is 32.6 Å². The van der Waals surface area contributed by atoms with E-state index in [4.69, 9.17) is 16.6 Å². The number of benzene rings is 3. The number of likely N-dealkylation sites (tertiary alicyclic amines) is 1. The fourth-order valence-corrected chi connectivity index (χ4v) is 11.8. The third kappa shape index (κ3) is 12.6. The fourth-order valence-electron chi connectivity index (χ4n) is 9.64. The van der Waals surface area contributed by atoms with Crippen molar-refractivity contribution in [3.63, 3.8) is 0 Å². The highest BCUT2D eigenvalue weighted by molar-refractivity contribution is 7.99. The van der Waals surface area contributed by atoms with Crippen LogP contribution in [0.5, 0.6) is 11.5 Å². The molecule has 3 N–H and O–H groups in total. The van der Waals surface area contributed by atoms with Crippen LogP contribution in [0.3, 0.4) is 0 Å². The molecular weight excluding hydrogens is 1040 g/mol. The second-order valence-corrected chi connectivity index (χ2v) is 21.9. The number of hydrogen-bond acceptors (Lipinski definition) is 12. The zero-order chi connectivity index (χ0) is 55.3. The Balaban J connectivity index is 0.000000214. The molecule has 77 heavy (non-hydrogen) atoms. The molecule has 5 aliphatic rings. The number of aryl methyl sites for hydroxylation is 2. The van der Waals surface area contributed by atoms with Gasteiger partial charge in [0.2, 0.25) is 23.6 Å². The van der Waals surface area contributed by atoms with Gasteiger partial charge in [0, 0.05) is 70.8 Å². The average Bonchev–Trinajstić information content (AvgIpc) is 4.45. The Bertz CT molecular complexity index is 3200. The first-order valence-corrected chi connectivity index (χ1v) is 28.5. The summed E-state index contributed by atoms with van der Waals surface area (Å²) in [4.78, 5) is 76.8. The summed E-state index contributed by atoms with van der Waals surface area (Å²) in [6, 6.07) is 23.3. The number of alkyl halides is 2. The second kappa shape index (κ2) is 24.0. The van der Waals surface area contributed by atoms with Gasteiger partial charge in [0.25, 0.3) is 5.91 Å². The van der Waals surface area contributed by atoms with E-state index in [1.807, 2.05) is 75.9 Å². The molecule has 0 radical (unpaired) electrons. The van der Waals surface area contributed by atoms with Crippen molar-refractivity contribution in [3.8, 4) is 33.9 Å². The lowest BCUT2D eigenvalue weighted by atomic mass is 9.94. The first-order valence-electron chi connectivity index (χ1n) is 26.1. The molecule has 3 unspecified atom stereocenters. The van der Waals surface area contributed by atoms with Gasteiger partial charge in [0.05, 0.1) is 45.5 Å². The number of thiophene rings is 1. The van der Waals surface area contributed by atoms with Gasteiger partial charge in [-0.05, 0) is 129 Å². The normalized spacial score (nSPS) is 18.9. The minimum atomic E-state index is -3.73. The number of amides is 5. The van der Waals surface area contributed by atoms with Crippen LogP contribution in [0, 0.1) is 32.6 Å². The maximum Gasteiger partial charge on any atom is 0.586 e. The number of fused-ring (bicyclic) bond motifs is 3. The molecule has 2 aliphatic carbocycles. The fraction of sp³-hybridized carbons (Fsp3) is 0.397. The van der Waals surface area contributed by atoms with E-state index < -0.39 is 11.7 Å². The number of rotatable bonds is 13. The van der Waals surface area contributed by atoms with Gasteiger partial charge >= 0.3 is 6.29 Å². The van der Waals surface area contributed by atoms with Crippen molar-refractivity contribution in [2.45, 2.75) is 98.9 Å². The second-order valence-electron chi connectivity index (χ2n) is 19.2. The average molecular weight is 1110 g/mol. The van der Waals surface area contributed by atoms with Crippen LogP contribution < -0.4 is 25.4 Å². The molecule has 3 aromatic carbocycles. The van der Waals surface area contributed by atoms with E-state index in [-0.39, 0.29) is 52.9 Å². The van der Waals surface area contributed by atoms with Gasteiger partial charge in [-0.3, -0.25) is 33.9 Å². The van der Waals surface area contributed by atoms with Crippen molar-refractivity contribution in [1.82, 2.24) is 30.4 Å². The smallest absolute Gasteiger partial charge is 0.395 e. The maximum absolute atomic E-state index is 13.5. The first kappa shape index (κ1) is 56.7. The lowest BCUT2D eigenvalue weighted by Crippen LogP contribution is -2.51. The number of carbonyl (C=O) groups excluding carboxylic acids is 5. The van der Waals surface area contributed by atoms with Gasteiger partial charge in [-0.15, -0.1) is 20.1 Å². The molecule has 406 valence electrons. The number of carbonyl (C=O) groups is 5. The summed E-state index contributed by atoms with van der Waals surface area (Å²) >= 11 is 9.39. The SMILES string of the molecule is CC.CC.Cc1cc(Cl)cc(-c2ccnc3cc(CN4C(=O)C5CC5C4=O)sc23)c1C.Cc1ccc(NC(=O)C2(c3ccc4c(c3)OC(F)(F)O4)CC2)nc1-c1cccc(C(=O)NCCSCC(=O)N2CCNC(C)C2)c1. The van der Waals surface area contributed by atoms with E-state index in [2.05, 4.69) is 51.2 Å². The summed E-state index contributed by atoms with van der Waals surface area (Å²) in [5.74, 6) is 0.595. The number of pyridine rings is 2. The van der Waals surface area contributed by atoms with E-state index >= 15 is 0 Å². The van der Waals surface area contributed by atoms with Gasteiger partial charge < -0.3 is 30.3 Å². The molecule has 6 heterocycles. The van der Waals surface area contributed by atoms with Crippen molar-refractivity contribution in [2.24, 2.45) is 11.8 Å². The first-order chi connectivity index (χ1) is 37.0. The molecule has 3 aliphatic heterocycles. The molecule has 0 bridgehead atoms. The van der Waals surface area contributed by atoms with Crippen LogP contribution in [-0.2, 0) is 31.1 Å². The van der Waals surface area contributed by atoms with E-state index in [0.29, 0.717) is 89.8 Å². The molecule has 0 spiro atoms. The Hall–Kier alpha value is -6.47. The number of hydrogen-bond donors (Lipinski definition) is 3. The third-order valence-electron chi connectivity index (χ3n) is 14.0. The Labute approximate surface area is 461 Å². The summed E-state index contributed by atoms with van der Waals surface area (Å²) in [6.45, 7) is 19.1. The summed E-state index contributed by atoms with van der Waals surface area (Å²) in [7, 11) is 0. The third-order valence-corrected chi connectivity index (χ3v) is 16.3. The molecule has 2 saturated carbocycles. The molecule has 14 nitrogen and oxygen atoms in total. The topological polar surface area (TPSA) is 172 Å². The zero-order valence-electron chi connectivity index (χ0n) is 44.5. The highest BCUT2D eigenvalue weighted by atomic mass is 35.5. The minimum absolute atomic E-state index is 0.0167. The predicted molar refractivity (Wildman–Crippen MR) is 300 cm³/mol. The van der Waals surface area contributed by atoms with Crippen LogP contribution in [0.4, 0.5) is 14.6 Å². The molecule has 11 rings (SSSR count). The van der Waals surface area contributed by atoms with E-state index in [9.17, 15) is 32.8 Å². The highest BCUT2D eigenvalue weighted by Crippen LogP contribution is 2.52. The number of ether oxygens (including phenoxy) is 2. The number of nitrogens with zero attached hydrogens (tertiary/aromatic N) is 4. The predicted octanol–water partition coefficient (Wildman–Crippen LogP) is 11.1. The van der Waals surface area contributed by atoms with Crippen molar-refractivity contribution in [3.05, 3.63) is 123 Å². The van der Waals surface area contributed by atoms with Crippen LogP contribution >= 0.6 is 34.7 Å².